The molecule has 1 N–H and O–H groups in total. The van der Waals surface area contributed by atoms with E-state index in [2.05, 4.69) is 4.98 Å². The van der Waals surface area contributed by atoms with Gasteiger partial charge in [0.1, 0.15) is 11.5 Å². The molecule has 0 aliphatic rings. The van der Waals surface area contributed by atoms with Crippen molar-refractivity contribution in [2.45, 2.75) is 20.0 Å². The Morgan fingerprint density at radius 1 is 1.22 bits per heavy atom. The summed E-state index contributed by atoms with van der Waals surface area (Å²) in [5.74, 6) is -0.933. The average molecular weight is 332 g/mol. The third-order valence-corrected chi connectivity index (χ3v) is 3.69. The lowest BCUT2D eigenvalue weighted by atomic mass is 10.0. The van der Waals surface area contributed by atoms with Crippen LogP contribution < -0.4 is 0 Å². The molecule has 3 nitrogen and oxygen atoms in total. The van der Waals surface area contributed by atoms with Gasteiger partial charge in [-0.3, -0.25) is 0 Å². The second-order valence-electron chi connectivity index (χ2n) is 5.50. The van der Waals surface area contributed by atoms with Crippen molar-refractivity contribution < 1.29 is 13.9 Å². The van der Waals surface area contributed by atoms with Gasteiger partial charge < -0.3 is 9.72 Å². The van der Waals surface area contributed by atoms with Crippen molar-refractivity contribution in [2.24, 2.45) is 0 Å². The lowest BCUT2D eigenvalue weighted by Crippen LogP contribution is -2.13. The number of ether oxygens (including phenoxy) is 1. The molecule has 0 saturated carbocycles. The minimum Gasteiger partial charge on any atom is -0.458 e. The number of aromatic nitrogens is 1. The highest BCUT2D eigenvalue weighted by molar-refractivity contribution is 6.31. The first-order valence-electron chi connectivity index (χ1n) is 7.24. The van der Waals surface area contributed by atoms with Crippen molar-refractivity contribution in [1.29, 1.82) is 0 Å². The van der Waals surface area contributed by atoms with E-state index in [1.165, 1.54) is 6.07 Å². The molecular weight excluding hydrogens is 317 g/mol. The Kier molecular flexibility index (Phi) is 4.09. The molecule has 0 aliphatic carbocycles. The second kappa shape index (κ2) is 6.05. The van der Waals surface area contributed by atoms with Gasteiger partial charge in [-0.1, -0.05) is 29.8 Å². The summed E-state index contributed by atoms with van der Waals surface area (Å²) in [5.41, 5.74) is 1.72. The molecule has 118 valence electrons. The molecule has 0 atom stereocenters. The lowest BCUT2D eigenvalue weighted by molar-refractivity contribution is 0.0373. The first-order valence-corrected chi connectivity index (χ1v) is 7.62. The molecule has 0 fully saturated rings. The smallest absolute Gasteiger partial charge is 0.355 e. The standard InChI is InChI=1S/C18H15ClFNO2/c1-10(2)23-18(22)17-16(12-5-3-4-6-14(12)20)13-9-11(19)7-8-15(13)21-17/h3-10,21H,1-2H3. The fourth-order valence-corrected chi connectivity index (χ4v) is 2.71. The minimum atomic E-state index is -0.523. The van der Waals surface area contributed by atoms with E-state index in [0.717, 1.165) is 0 Å². The number of hydrogen-bond acceptors (Lipinski definition) is 2. The molecule has 1 heterocycles. The molecule has 2 aromatic carbocycles. The third-order valence-electron chi connectivity index (χ3n) is 3.45. The Morgan fingerprint density at radius 2 is 1.96 bits per heavy atom. The monoisotopic (exact) mass is 331 g/mol. The summed E-state index contributed by atoms with van der Waals surface area (Å²) in [7, 11) is 0. The van der Waals surface area contributed by atoms with E-state index in [0.29, 0.717) is 27.1 Å². The van der Waals surface area contributed by atoms with E-state index in [1.807, 2.05) is 0 Å². The topological polar surface area (TPSA) is 42.1 Å². The Labute approximate surface area is 138 Å². The zero-order valence-electron chi connectivity index (χ0n) is 12.7. The van der Waals surface area contributed by atoms with Gasteiger partial charge in [0.05, 0.1) is 6.10 Å². The Hall–Kier alpha value is -2.33. The Bertz CT molecular complexity index is 886. The van der Waals surface area contributed by atoms with Gasteiger partial charge in [0.25, 0.3) is 0 Å². The number of fused-ring (bicyclic) bond motifs is 1. The number of nitrogens with one attached hydrogen (secondary N) is 1. The minimum absolute atomic E-state index is 0.223. The fraction of sp³-hybridized carbons (Fsp3) is 0.167. The summed E-state index contributed by atoms with van der Waals surface area (Å²) in [6.45, 7) is 3.53. The van der Waals surface area contributed by atoms with Crippen LogP contribution in [0.4, 0.5) is 4.39 Å². The molecule has 3 aromatic rings. The molecule has 5 heteroatoms. The summed E-state index contributed by atoms with van der Waals surface area (Å²) in [6, 6.07) is 11.5. The van der Waals surface area contributed by atoms with Crippen molar-refractivity contribution in [3.63, 3.8) is 0 Å². The molecule has 0 amide bonds. The SMILES string of the molecule is CC(C)OC(=O)c1[nH]c2ccc(Cl)cc2c1-c1ccccc1F. The maximum Gasteiger partial charge on any atom is 0.355 e. The van der Waals surface area contributed by atoms with E-state index in [4.69, 9.17) is 16.3 Å². The number of hydrogen-bond donors (Lipinski definition) is 1. The van der Waals surface area contributed by atoms with Gasteiger partial charge >= 0.3 is 5.97 Å². The summed E-state index contributed by atoms with van der Waals surface area (Å²) in [5, 5.41) is 1.19. The predicted octanol–water partition coefficient (Wildman–Crippen LogP) is 5.19. The maximum absolute atomic E-state index is 14.3. The first kappa shape index (κ1) is 15.6. The maximum atomic E-state index is 14.3. The van der Waals surface area contributed by atoms with Crippen LogP contribution in [0.25, 0.3) is 22.0 Å². The second-order valence-corrected chi connectivity index (χ2v) is 5.94. The van der Waals surface area contributed by atoms with Gasteiger partial charge in [0.15, 0.2) is 0 Å². The van der Waals surface area contributed by atoms with Crippen LogP contribution in [0, 0.1) is 5.82 Å². The van der Waals surface area contributed by atoms with Crippen LogP contribution in [-0.2, 0) is 4.74 Å². The summed E-state index contributed by atoms with van der Waals surface area (Å²) < 4.78 is 19.6. The van der Waals surface area contributed by atoms with E-state index in [1.54, 1.807) is 50.2 Å². The van der Waals surface area contributed by atoms with Crippen LogP contribution in [0.1, 0.15) is 24.3 Å². The number of rotatable bonds is 3. The molecule has 0 aliphatic heterocycles. The number of H-pyrrole nitrogens is 1. The number of carbonyl (C=O) groups is 1. The molecule has 3 rings (SSSR count). The summed E-state index contributed by atoms with van der Waals surface area (Å²) >= 11 is 6.07. The number of aromatic amines is 1. The van der Waals surface area contributed by atoms with Gasteiger partial charge in [-0.05, 0) is 38.1 Å². The molecule has 0 radical (unpaired) electrons. The molecular formula is C18H15ClFNO2. The highest BCUT2D eigenvalue weighted by Crippen LogP contribution is 2.35. The van der Waals surface area contributed by atoms with E-state index < -0.39 is 11.8 Å². The Balaban J connectivity index is 2.30. The normalized spacial score (nSPS) is 11.2. The highest BCUT2D eigenvalue weighted by atomic mass is 35.5. The van der Waals surface area contributed by atoms with E-state index in [-0.39, 0.29) is 11.8 Å². The quantitative estimate of drug-likeness (QED) is 0.671. The van der Waals surface area contributed by atoms with Gasteiger partial charge in [-0.25, -0.2) is 9.18 Å². The number of benzene rings is 2. The van der Waals surface area contributed by atoms with Gasteiger partial charge in [0, 0.05) is 27.1 Å². The van der Waals surface area contributed by atoms with Crippen molar-refractivity contribution >= 4 is 28.5 Å². The number of carbonyl (C=O) groups excluding carboxylic acids is 1. The molecule has 0 spiro atoms. The van der Waals surface area contributed by atoms with Crippen LogP contribution in [0.2, 0.25) is 5.02 Å². The summed E-state index contributed by atoms with van der Waals surface area (Å²) in [4.78, 5) is 15.4. The van der Waals surface area contributed by atoms with Crippen molar-refractivity contribution in [3.05, 3.63) is 59.0 Å². The van der Waals surface area contributed by atoms with Crippen molar-refractivity contribution in [2.75, 3.05) is 0 Å². The van der Waals surface area contributed by atoms with Crippen LogP contribution in [0.3, 0.4) is 0 Å². The van der Waals surface area contributed by atoms with Gasteiger partial charge in [-0.2, -0.15) is 0 Å². The zero-order valence-corrected chi connectivity index (χ0v) is 13.4. The third kappa shape index (κ3) is 2.94. The lowest BCUT2D eigenvalue weighted by Gasteiger charge is -2.09. The van der Waals surface area contributed by atoms with Gasteiger partial charge in [0.2, 0.25) is 0 Å². The average Bonchev–Trinajstić information content (AvgIpc) is 2.85. The highest BCUT2D eigenvalue weighted by Gasteiger charge is 2.23. The van der Waals surface area contributed by atoms with E-state index >= 15 is 0 Å². The molecule has 0 unspecified atom stereocenters. The van der Waals surface area contributed by atoms with E-state index in [9.17, 15) is 9.18 Å². The van der Waals surface area contributed by atoms with Crippen molar-refractivity contribution in [3.8, 4) is 11.1 Å². The van der Waals surface area contributed by atoms with Crippen LogP contribution in [-0.4, -0.2) is 17.1 Å². The molecule has 0 saturated heterocycles. The largest absolute Gasteiger partial charge is 0.458 e. The van der Waals surface area contributed by atoms with Crippen LogP contribution in [0.15, 0.2) is 42.5 Å². The zero-order chi connectivity index (χ0) is 16.6. The number of esters is 1. The fourth-order valence-electron chi connectivity index (χ4n) is 2.53. The predicted molar refractivity (Wildman–Crippen MR) is 89.3 cm³/mol. The molecule has 1 aromatic heterocycles. The summed E-state index contributed by atoms with van der Waals surface area (Å²) in [6.07, 6.45) is -0.272. The van der Waals surface area contributed by atoms with Crippen molar-refractivity contribution in [1.82, 2.24) is 4.98 Å². The Morgan fingerprint density at radius 3 is 2.65 bits per heavy atom. The van der Waals surface area contributed by atoms with Crippen LogP contribution in [0.5, 0.6) is 0 Å². The number of halogens is 2. The molecule has 0 bridgehead atoms. The first-order chi connectivity index (χ1) is 11.0. The molecule has 23 heavy (non-hydrogen) atoms. The van der Waals surface area contributed by atoms with Gasteiger partial charge in [-0.15, -0.1) is 0 Å². The van der Waals surface area contributed by atoms with Crippen LogP contribution >= 0.6 is 11.6 Å².